The van der Waals surface area contributed by atoms with Crippen LogP contribution in [-0.2, 0) is 0 Å². The lowest BCUT2D eigenvalue weighted by atomic mass is 10.2. The summed E-state index contributed by atoms with van der Waals surface area (Å²) in [5, 5.41) is 0. The molecule has 15 heavy (non-hydrogen) atoms. The van der Waals surface area contributed by atoms with Gasteiger partial charge in [0.25, 0.3) is 0 Å². The van der Waals surface area contributed by atoms with Crippen LogP contribution in [0.2, 0.25) is 0 Å². The quantitative estimate of drug-likeness (QED) is 0.773. The van der Waals surface area contributed by atoms with Gasteiger partial charge in [0.2, 0.25) is 0 Å². The van der Waals surface area contributed by atoms with Gasteiger partial charge in [-0.3, -0.25) is 0 Å². The van der Waals surface area contributed by atoms with Crippen molar-refractivity contribution in [3.05, 3.63) is 16.1 Å². The third-order valence-corrected chi connectivity index (χ3v) is 3.79. The van der Waals surface area contributed by atoms with E-state index in [1.807, 2.05) is 18.0 Å². The van der Waals surface area contributed by atoms with Gasteiger partial charge in [0, 0.05) is 19.3 Å². The molecule has 84 valence electrons. The number of hydrogen-bond acceptors (Lipinski definition) is 4. The van der Waals surface area contributed by atoms with Crippen LogP contribution in [0, 0.1) is 3.57 Å². The Labute approximate surface area is 109 Å². The normalized spacial score (nSPS) is 12.5. The van der Waals surface area contributed by atoms with Crippen molar-refractivity contribution < 1.29 is 0 Å². The molecule has 1 aromatic rings. The number of thioether (sulfide) groups is 1. The molecule has 1 unspecified atom stereocenters. The molecule has 0 radical (unpaired) electrons. The molecular formula is C10H16IN3S. The second-order valence-corrected chi connectivity index (χ2v) is 5.58. The van der Waals surface area contributed by atoms with Gasteiger partial charge in [-0.05, 0) is 47.9 Å². The Morgan fingerprint density at radius 1 is 1.60 bits per heavy atom. The molecule has 0 aliphatic carbocycles. The minimum atomic E-state index is 0.515. The molecule has 0 amide bonds. The summed E-state index contributed by atoms with van der Waals surface area (Å²) in [6.07, 6.45) is 6.77. The number of rotatable bonds is 5. The van der Waals surface area contributed by atoms with Crippen LogP contribution in [0.4, 0.5) is 5.82 Å². The molecule has 3 nitrogen and oxygen atoms in total. The third kappa shape index (κ3) is 3.79. The van der Waals surface area contributed by atoms with Crippen LogP contribution in [-0.4, -0.2) is 35.1 Å². The summed E-state index contributed by atoms with van der Waals surface area (Å²) < 4.78 is 1.11. The summed E-state index contributed by atoms with van der Waals surface area (Å²) in [5.41, 5.74) is 0. The number of halogens is 1. The van der Waals surface area contributed by atoms with Crippen molar-refractivity contribution in [1.82, 2.24) is 9.97 Å². The minimum Gasteiger partial charge on any atom is -0.356 e. The Balaban J connectivity index is 2.67. The van der Waals surface area contributed by atoms with Crippen LogP contribution in [0.3, 0.4) is 0 Å². The molecule has 1 rings (SSSR count). The van der Waals surface area contributed by atoms with E-state index in [0.29, 0.717) is 6.04 Å². The van der Waals surface area contributed by atoms with Crippen molar-refractivity contribution >= 4 is 40.2 Å². The first-order valence-corrected chi connectivity index (χ1v) is 7.31. The fraction of sp³-hybridized carbons (Fsp3) is 0.600. The highest BCUT2D eigenvalue weighted by Gasteiger charge is 2.13. The molecule has 1 atom stereocenters. The maximum atomic E-state index is 4.31. The van der Waals surface area contributed by atoms with Crippen LogP contribution in [0.15, 0.2) is 12.5 Å². The Morgan fingerprint density at radius 2 is 2.33 bits per heavy atom. The maximum Gasteiger partial charge on any atom is 0.145 e. The third-order valence-electron chi connectivity index (χ3n) is 2.38. The zero-order valence-electron chi connectivity index (χ0n) is 9.27. The average molecular weight is 337 g/mol. The van der Waals surface area contributed by atoms with Gasteiger partial charge < -0.3 is 4.90 Å². The van der Waals surface area contributed by atoms with Gasteiger partial charge >= 0.3 is 0 Å². The lowest BCUT2D eigenvalue weighted by molar-refractivity contribution is 0.660. The Morgan fingerprint density at radius 3 is 2.93 bits per heavy atom. The van der Waals surface area contributed by atoms with Crippen molar-refractivity contribution in [2.24, 2.45) is 0 Å². The monoisotopic (exact) mass is 337 g/mol. The van der Waals surface area contributed by atoms with E-state index in [2.05, 4.69) is 57.7 Å². The van der Waals surface area contributed by atoms with Crippen molar-refractivity contribution in [3.63, 3.8) is 0 Å². The highest BCUT2D eigenvalue weighted by molar-refractivity contribution is 14.1. The van der Waals surface area contributed by atoms with Gasteiger partial charge in [-0.25, -0.2) is 9.97 Å². The standard InChI is InChI=1S/C10H16IN3S/c1-8(4-5-15-3)14(2)10-9(11)6-12-7-13-10/h6-8H,4-5H2,1-3H3. The summed E-state index contributed by atoms with van der Waals surface area (Å²) in [6, 6.07) is 0.515. The largest absolute Gasteiger partial charge is 0.356 e. The molecular weight excluding hydrogens is 321 g/mol. The fourth-order valence-electron chi connectivity index (χ4n) is 1.26. The van der Waals surface area contributed by atoms with Crippen LogP contribution < -0.4 is 4.90 Å². The summed E-state index contributed by atoms with van der Waals surface area (Å²) in [4.78, 5) is 10.5. The van der Waals surface area contributed by atoms with Crippen molar-refractivity contribution in [2.75, 3.05) is 24.0 Å². The summed E-state index contributed by atoms with van der Waals surface area (Å²) >= 11 is 4.16. The summed E-state index contributed by atoms with van der Waals surface area (Å²) in [5.74, 6) is 2.21. The molecule has 0 saturated heterocycles. The number of aromatic nitrogens is 2. The first-order valence-electron chi connectivity index (χ1n) is 4.84. The van der Waals surface area contributed by atoms with E-state index in [1.165, 1.54) is 12.2 Å². The van der Waals surface area contributed by atoms with E-state index < -0.39 is 0 Å². The molecule has 0 aliphatic heterocycles. The highest BCUT2D eigenvalue weighted by Crippen LogP contribution is 2.20. The van der Waals surface area contributed by atoms with E-state index in [0.717, 1.165) is 9.39 Å². The molecule has 0 spiro atoms. The van der Waals surface area contributed by atoms with E-state index in [4.69, 9.17) is 0 Å². The lowest BCUT2D eigenvalue weighted by Gasteiger charge is -2.26. The average Bonchev–Trinajstić information content (AvgIpc) is 2.25. The van der Waals surface area contributed by atoms with Gasteiger partial charge in [0.15, 0.2) is 0 Å². The van der Waals surface area contributed by atoms with Crippen LogP contribution in [0.1, 0.15) is 13.3 Å². The van der Waals surface area contributed by atoms with E-state index in [1.54, 1.807) is 6.33 Å². The second kappa shape index (κ2) is 6.52. The topological polar surface area (TPSA) is 29.0 Å². The molecule has 0 aromatic carbocycles. The zero-order chi connectivity index (χ0) is 11.3. The Hall–Kier alpha value is -0.0400. The van der Waals surface area contributed by atoms with Crippen LogP contribution in [0.25, 0.3) is 0 Å². The van der Waals surface area contributed by atoms with Gasteiger partial charge in [0.1, 0.15) is 12.1 Å². The molecule has 0 fully saturated rings. The molecule has 1 aromatic heterocycles. The van der Waals surface area contributed by atoms with Crippen LogP contribution >= 0.6 is 34.4 Å². The predicted octanol–water partition coefficient (Wildman–Crippen LogP) is 2.66. The lowest BCUT2D eigenvalue weighted by Crippen LogP contribution is -2.30. The second-order valence-electron chi connectivity index (χ2n) is 3.44. The zero-order valence-corrected chi connectivity index (χ0v) is 12.2. The number of anilines is 1. The fourth-order valence-corrected chi connectivity index (χ4v) is 2.51. The van der Waals surface area contributed by atoms with Crippen molar-refractivity contribution in [2.45, 2.75) is 19.4 Å². The van der Waals surface area contributed by atoms with E-state index >= 15 is 0 Å². The molecule has 5 heteroatoms. The molecule has 0 saturated carbocycles. The smallest absolute Gasteiger partial charge is 0.145 e. The van der Waals surface area contributed by atoms with Crippen molar-refractivity contribution in [1.29, 1.82) is 0 Å². The molecule has 0 bridgehead atoms. The first-order chi connectivity index (χ1) is 7.16. The van der Waals surface area contributed by atoms with E-state index in [-0.39, 0.29) is 0 Å². The first kappa shape index (κ1) is 13.0. The van der Waals surface area contributed by atoms with Crippen LogP contribution in [0.5, 0.6) is 0 Å². The Bertz CT molecular complexity index is 308. The van der Waals surface area contributed by atoms with Gasteiger partial charge in [0.05, 0.1) is 3.57 Å². The predicted molar refractivity (Wildman–Crippen MR) is 75.6 cm³/mol. The Kier molecular flexibility index (Phi) is 5.66. The minimum absolute atomic E-state index is 0.515. The summed E-state index contributed by atoms with van der Waals surface area (Å²) in [6.45, 7) is 2.23. The molecule has 1 heterocycles. The number of hydrogen-bond donors (Lipinski definition) is 0. The van der Waals surface area contributed by atoms with Gasteiger partial charge in [-0.15, -0.1) is 0 Å². The molecule has 0 aliphatic rings. The van der Waals surface area contributed by atoms with Gasteiger partial charge in [-0.2, -0.15) is 11.8 Å². The SMILES string of the molecule is CSCCC(C)N(C)c1ncncc1I. The van der Waals surface area contributed by atoms with E-state index in [9.17, 15) is 0 Å². The maximum absolute atomic E-state index is 4.31. The molecule has 0 N–H and O–H groups in total. The highest BCUT2D eigenvalue weighted by atomic mass is 127. The summed E-state index contributed by atoms with van der Waals surface area (Å²) in [7, 11) is 2.09. The van der Waals surface area contributed by atoms with Gasteiger partial charge in [-0.1, -0.05) is 0 Å². The number of nitrogens with zero attached hydrogens (tertiary/aromatic N) is 3. The van der Waals surface area contributed by atoms with Crippen molar-refractivity contribution in [3.8, 4) is 0 Å².